The molecule has 0 amide bonds. The Bertz CT molecular complexity index is 193. The molecule has 0 aromatic heterocycles. The summed E-state index contributed by atoms with van der Waals surface area (Å²) in [6, 6.07) is 0. The van der Waals surface area contributed by atoms with E-state index in [4.69, 9.17) is 18.9 Å². The highest BCUT2D eigenvalue weighted by molar-refractivity contribution is 4.74. The molecule has 2 aliphatic heterocycles. The highest BCUT2D eigenvalue weighted by Gasteiger charge is 2.35. The van der Waals surface area contributed by atoms with Crippen LogP contribution < -0.4 is 0 Å². The van der Waals surface area contributed by atoms with Crippen molar-refractivity contribution in [2.45, 2.75) is 38.3 Å². The van der Waals surface area contributed by atoms with Crippen molar-refractivity contribution >= 4 is 0 Å². The molecule has 0 N–H and O–H groups in total. The maximum atomic E-state index is 5.71. The average Bonchev–Trinajstić information content (AvgIpc) is 2.91. The fraction of sp³-hybridized carbons (Fsp3) is 1.00. The van der Waals surface area contributed by atoms with Gasteiger partial charge in [0, 0.05) is 0 Å². The molecule has 82 valence electrons. The smallest absolute Gasteiger partial charge is 0.165 e. The number of ether oxygens (including phenoxy) is 4. The molecular formula is C10H18O4. The molecule has 0 saturated carbocycles. The first-order chi connectivity index (χ1) is 6.72. The molecule has 0 spiro atoms. The van der Waals surface area contributed by atoms with Crippen LogP contribution in [-0.2, 0) is 18.9 Å². The van der Waals surface area contributed by atoms with Crippen LogP contribution in [0.15, 0.2) is 0 Å². The van der Waals surface area contributed by atoms with Crippen LogP contribution in [0.4, 0.5) is 0 Å². The maximum Gasteiger partial charge on any atom is 0.165 e. The van der Waals surface area contributed by atoms with Crippen LogP contribution in [0, 0.1) is 0 Å². The highest BCUT2D eigenvalue weighted by Crippen LogP contribution is 2.26. The van der Waals surface area contributed by atoms with Gasteiger partial charge in [-0.2, -0.15) is 0 Å². The van der Waals surface area contributed by atoms with Gasteiger partial charge in [0.2, 0.25) is 0 Å². The van der Waals surface area contributed by atoms with Crippen LogP contribution in [0.1, 0.15) is 20.3 Å². The van der Waals surface area contributed by atoms with Crippen LogP contribution in [0.25, 0.3) is 0 Å². The molecule has 0 aromatic carbocycles. The maximum absolute atomic E-state index is 5.71. The largest absolute Gasteiger partial charge is 0.376 e. The average molecular weight is 202 g/mol. The van der Waals surface area contributed by atoms with Crippen LogP contribution in [0.3, 0.4) is 0 Å². The molecule has 3 unspecified atom stereocenters. The van der Waals surface area contributed by atoms with Gasteiger partial charge in [0.1, 0.15) is 12.2 Å². The van der Waals surface area contributed by atoms with E-state index in [-0.39, 0.29) is 6.10 Å². The minimum atomic E-state index is -0.399. The van der Waals surface area contributed by atoms with E-state index < -0.39 is 5.79 Å². The number of epoxide rings is 1. The van der Waals surface area contributed by atoms with Crippen LogP contribution in [0.5, 0.6) is 0 Å². The molecule has 4 nitrogen and oxygen atoms in total. The molecule has 4 heteroatoms. The van der Waals surface area contributed by atoms with Gasteiger partial charge in [0.25, 0.3) is 0 Å². The Kier molecular flexibility index (Phi) is 3.07. The van der Waals surface area contributed by atoms with Gasteiger partial charge in [0.05, 0.1) is 26.4 Å². The SMILES string of the molecule is CCC1(C)OCC(COCC2CO2)O1. The van der Waals surface area contributed by atoms with Gasteiger partial charge in [-0.15, -0.1) is 0 Å². The van der Waals surface area contributed by atoms with E-state index in [0.717, 1.165) is 13.0 Å². The van der Waals surface area contributed by atoms with Gasteiger partial charge < -0.3 is 18.9 Å². The topological polar surface area (TPSA) is 40.2 Å². The summed E-state index contributed by atoms with van der Waals surface area (Å²) in [7, 11) is 0. The highest BCUT2D eigenvalue weighted by atomic mass is 16.7. The van der Waals surface area contributed by atoms with E-state index in [9.17, 15) is 0 Å². The van der Waals surface area contributed by atoms with Crippen molar-refractivity contribution in [1.82, 2.24) is 0 Å². The summed E-state index contributed by atoms with van der Waals surface area (Å²) in [6.07, 6.45) is 1.28. The summed E-state index contributed by atoms with van der Waals surface area (Å²) in [5, 5.41) is 0. The van der Waals surface area contributed by atoms with Crippen molar-refractivity contribution in [2.24, 2.45) is 0 Å². The Morgan fingerprint density at radius 3 is 2.57 bits per heavy atom. The van der Waals surface area contributed by atoms with Crippen molar-refractivity contribution in [3.05, 3.63) is 0 Å². The van der Waals surface area contributed by atoms with Gasteiger partial charge in [-0.05, 0) is 13.3 Å². The lowest BCUT2D eigenvalue weighted by molar-refractivity contribution is -0.161. The van der Waals surface area contributed by atoms with E-state index >= 15 is 0 Å². The van der Waals surface area contributed by atoms with Crippen molar-refractivity contribution < 1.29 is 18.9 Å². The van der Waals surface area contributed by atoms with Crippen molar-refractivity contribution in [3.63, 3.8) is 0 Å². The van der Waals surface area contributed by atoms with Gasteiger partial charge >= 0.3 is 0 Å². The molecule has 0 radical (unpaired) electrons. The third-order valence-corrected chi connectivity index (χ3v) is 2.64. The third-order valence-electron chi connectivity index (χ3n) is 2.64. The Balaban J connectivity index is 1.62. The lowest BCUT2D eigenvalue weighted by Crippen LogP contribution is -2.27. The first-order valence-corrected chi connectivity index (χ1v) is 5.23. The van der Waals surface area contributed by atoms with E-state index in [0.29, 0.717) is 25.9 Å². The summed E-state index contributed by atoms with van der Waals surface area (Å²) in [4.78, 5) is 0. The van der Waals surface area contributed by atoms with Crippen molar-refractivity contribution in [1.29, 1.82) is 0 Å². The van der Waals surface area contributed by atoms with Gasteiger partial charge in [-0.3, -0.25) is 0 Å². The van der Waals surface area contributed by atoms with Crippen molar-refractivity contribution in [2.75, 3.05) is 26.4 Å². The Morgan fingerprint density at radius 2 is 2.00 bits per heavy atom. The number of rotatable bonds is 5. The van der Waals surface area contributed by atoms with Crippen molar-refractivity contribution in [3.8, 4) is 0 Å². The Hall–Kier alpha value is -0.160. The predicted molar refractivity (Wildman–Crippen MR) is 50.1 cm³/mol. The molecular weight excluding hydrogens is 184 g/mol. The summed E-state index contributed by atoms with van der Waals surface area (Å²) >= 11 is 0. The molecule has 0 aliphatic carbocycles. The second kappa shape index (κ2) is 4.14. The second-order valence-electron chi connectivity index (χ2n) is 4.03. The molecule has 3 atom stereocenters. The minimum absolute atomic E-state index is 0.0821. The zero-order valence-corrected chi connectivity index (χ0v) is 8.82. The normalized spacial score (nSPS) is 41.6. The van der Waals surface area contributed by atoms with Crippen LogP contribution >= 0.6 is 0 Å². The molecule has 0 aromatic rings. The molecule has 2 saturated heterocycles. The van der Waals surface area contributed by atoms with E-state index in [2.05, 4.69) is 6.92 Å². The number of hydrogen-bond acceptors (Lipinski definition) is 4. The second-order valence-corrected chi connectivity index (χ2v) is 4.03. The molecule has 2 rings (SSSR count). The fourth-order valence-corrected chi connectivity index (χ4v) is 1.45. The first-order valence-electron chi connectivity index (χ1n) is 5.23. The van der Waals surface area contributed by atoms with Gasteiger partial charge in [-0.25, -0.2) is 0 Å². The molecule has 2 heterocycles. The summed E-state index contributed by atoms with van der Waals surface area (Å²) in [5.74, 6) is -0.399. The molecule has 2 fully saturated rings. The minimum Gasteiger partial charge on any atom is -0.376 e. The summed E-state index contributed by atoms with van der Waals surface area (Å²) < 4.78 is 21.7. The predicted octanol–water partition coefficient (Wildman–Crippen LogP) is 0.943. The third kappa shape index (κ3) is 2.67. The lowest BCUT2D eigenvalue weighted by Gasteiger charge is -2.20. The van der Waals surface area contributed by atoms with Gasteiger partial charge in [-0.1, -0.05) is 6.92 Å². The van der Waals surface area contributed by atoms with Crippen LogP contribution in [0.2, 0.25) is 0 Å². The summed E-state index contributed by atoms with van der Waals surface area (Å²) in [5.41, 5.74) is 0. The standard InChI is InChI=1S/C10H18O4/c1-3-10(2)13-7-9(14-10)5-11-4-8-6-12-8/h8-9H,3-7H2,1-2H3. The lowest BCUT2D eigenvalue weighted by atomic mass is 10.2. The van der Waals surface area contributed by atoms with E-state index in [1.165, 1.54) is 0 Å². The zero-order valence-electron chi connectivity index (χ0n) is 8.82. The summed E-state index contributed by atoms with van der Waals surface area (Å²) in [6.45, 7) is 6.79. The molecule has 0 bridgehead atoms. The number of hydrogen-bond donors (Lipinski definition) is 0. The zero-order chi connectivity index (χ0) is 10.0. The fourth-order valence-electron chi connectivity index (χ4n) is 1.45. The van der Waals surface area contributed by atoms with Crippen LogP contribution in [-0.4, -0.2) is 44.4 Å². The van der Waals surface area contributed by atoms with E-state index in [1.54, 1.807) is 0 Å². The first kappa shape index (κ1) is 10.4. The Labute approximate surface area is 84.5 Å². The monoisotopic (exact) mass is 202 g/mol. The molecule has 14 heavy (non-hydrogen) atoms. The quantitative estimate of drug-likeness (QED) is 0.622. The molecule has 2 aliphatic rings. The van der Waals surface area contributed by atoms with Gasteiger partial charge in [0.15, 0.2) is 5.79 Å². The Morgan fingerprint density at radius 1 is 1.29 bits per heavy atom. The van der Waals surface area contributed by atoms with E-state index in [1.807, 2.05) is 6.92 Å².